The van der Waals surface area contributed by atoms with Crippen LogP contribution in [0.4, 0.5) is 0 Å². The number of nitrogens with zero attached hydrogens (tertiary/aromatic N) is 4. The van der Waals surface area contributed by atoms with E-state index in [4.69, 9.17) is 4.99 Å². The highest BCUT2D eigenvalue weighted by molar-refractivity contribution is 7.85. The van der Waals surface area contributed by atoms with Gasteiger partial charge in [-0.25, -0.2) is 0 Å². The Bertz CT molecular complexity index is 698. The van der Waals surface area contributed by atoms with Crippen LogP contribution >= 0.6 is 0 Å². The predicted molar refractivity (Wildman–Crippen MR) is 118 cm³/mol. The van der Waals surface area contributed by atoms with Crippen molar-refractivity contribution in [3.63, 3.8) is 0 Å². The quantitative estimate of drug-likeness (QED) is 0.528. The molecular formula is C21H33N5O2S. The number of rotatable bonds is 7. The maximum atomic E-state index is 12.4. The van der Waals surface area contributed by atoms with E-state index in [2.05, 4.69) is 22.0 Å². The fourth-order valence-electron chi connectivity index (χ4n) is 3.73. The third kappa shape index (κ3) is 6.54. The zero-order valence-electron chi connectivity index (χ0n) is 17.4. The van der Waals surface area contributed by atoms with Crippen LogP contribution in [0.15, 0.2) is 40.2 Å². The first kappa shape index (κ1) is 21.8. The number of likely N-dealkylation sites (tertiary alicyclic amines) is 1. The van der Waals surface area contributed by atoms with Crippen molar-refractivity contribution in [1.82, 2.24) is 20.0 Å². The van der Waals surface area contributed by atoms with Crippen molar-refractivity contribution in [2.24, 2.45) is 4.99 Å². The van der Waals surface area contributed by atoms with E-state index >= 15 is 0 Å². The van der Waals surface area contributed by atoms with Gasteiger partial charge in [0.05, 0.1) is 23.9 Å². The van der Waals surface area contributed by atoms with Gasteiger partial charge in [0.15, 0.2) is 5.96 Å². The second kappa shape index (κ2) is 11.3. The van der Waals surface area contributed by atoms with Crippen molar-refractivity contribution in [1.29, 1.82) is 0 Å². The van der Waals surface area contributed by atoms with Gasteiger partial charge in [0.1, 0.15) is 0 Å². The number of guanidine groups is 1. The van der Waals surface area contributed by atoms with Crippen molar-refractivity contribution in [2.45, 2.75) is 24.7 Å². The van der Waals surface area contributed by atoms with Crippen LogP contribution in [-0.4, -0.2) is 95.4 Å². The number of hydrogen-bond donors (Lipinski definition) is 1. The summed E-state index contributed by atoms with van der Waals surface area (Å²) in [5.74, 6) is 1.66. The summed E-state index contributed by atoms with van der Waals surface area (Å²) < 4.78 is 12.4. The van der Waals surface area contributed by atoms with Gasteiger partial charge in [-0.15, -0.1) is 0 Å². The first-order chi connectivity index (χ1) is 14.2. The summed E-state index contributed by atoms with van der Waals surface area (Å²) in [6.07, 6.45) is 2.27. The number of nitrogens with one attached hydrogen (secondary N) is 1. The van der Waals surface area contributed by atoms with E-state index in [1.54, 1.807) is 0 Å². The third-order valence-electron chi connectivity index (χ3n) is 5.37. The van der Waals surface area contributed by atoms with Crippen molar-refractivity contribution in [2.75, 3.05) is 64.7 Å². The summed E-state index contributed by atoms with van der Waals surface area (Å²) in [6.45, 7) is 9.16. The molecule has 1 unspecified atom stereocenters. The lowest BCUT2D eigenvalue weighted by Gasteiger charge is -2.36. The van der Waals surface area contributed by atoms with Crippen LogP contribution < -0.4 is 5.32 Å². The van der Waals surface area contributed by atoms with Gasteiger partial charge < -0.3 is 15.1 Å². The molecular weight excluding hydrogens is 386 g/mol. The van der Waals surface area contributed by atoms with E-state index in [-0.39, 0.29) is 5.91 Å². The summed E-state index contributed by atoms with van der Waals surface area (Å²) >= 11 is 0. The number of amides is 1. The molecule has 0 saturated carbocycles. The largest absolute Gasteiger partial charge is 0.357 e. The molecule has 2 heterocycles. The zero-order valence-corrected chi connectivity index (χ0v) is 18.2. The zero-order chi connectivity index (χ0) is 20.5. The maximum Gasteiger partial charge on any atom is 0.236 e. The van der Waals surface area contributed by atoms with E-state index in [0.29, 0.717) is 18.8 Å². The second-order valence-electron chi connectivity index (χ2n) is 7.45. The average molecular weight is 420 g/mol. The molecule has 1 aromatic rings. The molecule has 29 heavy (non-hydrogen) atoms. The highest BCUT2D eigenvalue weighted by atomic mass is 32.2. The van der Waals surface area contributed by atoms with Crippen LogP contribution in [0.1, 0.15) is 19.8 Å². The molecule has 0 spiro atoms. The topological polar surface area (TPSA) is 68.2 Å². The van der Waals surface area contributed by atoms with Gasteiger partial charge in [0, 0.05) is 56.5 Å². The highest BCUT2D eigenvalue weighted by Gasteiger charge is 2.24. The number of aliphatic imine (C=N–C) groups is 1. The molecule has 1 aromatic carbocycles. The minimum atomic E-state index is -1.03. The summed E-state index contributed by atoms with van der Waals surface area (Å²) in [4.78, 5) is 24.4. The molecule has 1 N–H and O–H groups in total. The molecule has 2 fully saturated rings. The molecule has 2 aliphatic heterocycles. The Morgan fingerprint density at radius 3 is 2.38 bits per heavy atom. The number of carbonyl (C=O) groups excluding carboxylic acids is 1. The fraction of sp³-hybridized carbons (Fsp3) is 0.619. The minimum Gasteiger partial charge on any atom is -0.357 e. The Kier molecular flexibility index (Phi) is 8.49. The Morgan fingerprint density at radius 1 is 1.03 bits per heavy atom. The monoisotopic (exact) mass is 419 g/mol. The molecule has 7 nitrogen and oxygen atoms in total. The molecule has 2 saturated heterocycles. The van der Waals surface area contributed by atoms with Crippen LogP contribution in [0.5, 0.6) is 0 Å². The van der Waals surface area contributed by atoms with E-state index in [9.17, 15) is 9.00 Å². The van der Waals surface area contributed by atoms with Crippen molar-refractivity contribution in [3.8, 4) is 0 Å². The van der Waals surface area contributed by atoms with Gasteiger partial charge in [-0.2, -0.15) is 0 Å². The number of piperazine rings is 1. The molecule has 0 aromatic heterocycles. The van der Waals surface area contributed by atoms with E-state index < -0.39 is 10.8 Å². The average Bonchev–Trinajstić information content (AvgIpc) is 3.29. The maximum absolute atomic E-state index is 12.4. The highest BCUT2D eigenvalue weighted by Crippen LogP contribution is 2.10. The van der Waals surface area contributed by atoms with Crippen LogP contribution in [0, 0.1) is 0 Å². The van der Waals surface area contributed by atoms with Gasteiger partial charge in [-0.3, -0.25) is 18.9 Å². The lowest BCUT2D eigenvalue weighted by atomic mass is 10.3. The normalized spacial score (nSPS) is 19.4. The van der Waals surface area contributed by atoms with Crippen LogP contribution in [0.3, 0.4) is 0 Å². The van der Waals surface area contributed by atoms with E-state index in [1.807, 2.05) is 35.2 Å². The van der Waals surface area contributed by atoms with Crippen LogP contribution in [0.25, 0.3) is 0 Å². The molecule has 0 bridgehead atoms. The Labute approximate surface area is 176 Å². The molecule has 2 aliphatic rings. The molecule has 8 heteroatoms. The Hall–Kier alpha value is -1.93. The van der Waals surface area contributed by atoms with Gasteiger partial charge in [0.2, 0.25) is 5.91 Å². The Balaban J connectivity index is 1.46. The van der Waals surface area contributed by atoms with Crippen LogP contribution in [0.2, 0.25) is 0 Å². The molecule has 3 rings (SSSR count). The Morgan fingerprint density at radius 2 is 1.72 bits per heavy atom. The predicted octanol–water partition coefficient (Wildman–Crippen LogP) is 1.000. The summed E-state index contributed by atoms with van der Waals surface area (Å²) in [5.41, 5.74) is 0. The molecule has 1 atom stereocenters. The number of carbonyl (C=O) groups is 1. The molecule has 1 amide bonds. The lowest BCUT2D eigenvalue weighted by Crippen LogP contribution is -2.54. The third-order valence-corrected chi connectivity index (χ3v) is 6.72. The van der Waals surface area contributed by atoms with Gasteiger partial charge >= 0.3 is 0 Å². The van der Waals surface area contributed by atoms with Gasteiger partial charge in [-0.1, -0.05) is 18.2 Å². The van der Waals surface area contributed by atoms with Gasteiger partial charge in [0.25, 0.3) is 0 Å². The number of benzene rings is 1. The first-order valence-corrected chi connectivity index (χ1v) is 12.0. The minimum absolute atomic E-state index is 0.264. The van der Waals surface area contributed by atoms with Crippen molar-refractivity contribution in [3.05, 3.63) is 30.3 Å². The van der Waals surface area contributed by atoms with E-state index in [1.165, 1.54) is 0 Å². The summed E-state index contributed by atoms with van der Waals surface area (Å²) in [7, 11) is -1.03. The number of hydrogen-bond acceptors (Lipinski definition) is 4. The van der Waals surface area contributed by atoms with Gasteiger partial charge in [-0.05, 0) is 31.9 Å². The lowest BCUT2D eigenvalue weighted by molar-refractivity contribution is -0.131. The molecule has 0 radical (unpaired) electrons. The fourth-order valence-corrected chi connectivity index (χ4v) is 4.68. The van der Waals surface area contributed by atoms with Crippen LogP contribution in [-0.2, 0) is 15.6 Å². The standard InChI is InChI=1S/C21H33N5O2S/c1-2-22-21(23-10-17-29(28)19-8-4-3-5-9-19)26-15-13-24(14-16-26)18-20(27)25-11-6-7-12-25/h3-5,8-9H,2,6-7,10-18H2,1H3,(H,22,23). The smallest absolute Gasteiger partial charge is 0.236 e. The van der Waals surface area contributed by atoms with Crippen molar-refractivity contribution >= 4 is 22.7 Å². The first-order valence-electron chi connectivity index (χ1n) is 10.6. The van der Waals surface area contributed by atoms with Crippen molar-refractivity contribution < 1.29 is 9.00 Å². The summed E-state index contributed by atoms with van der Waals surface area (Å²) in [5, 5.41) is 3.35. The SMILES string of the molecule is CCNC(=NCCS(=O)c1ccccc1)N1CCN(CC(=O)N2CCCC2)CC1. The second-order valence-corrected chi connectivity index (χ2v) is 9.02. The summed E-state index contributed by atoms with van der Waals surface area (Å²) in [6, 6.07) is 9.55. The molecule has 0 aliphatic carbocycles. The molecule has 160 valence electrons. The van der Waals surface area contributed by atoms with E-state index in [0.717, 1.165) is 69.5 Å².